The summed E-state index contributed by atoms with van der Waals surface area (Å²) in [4.78, 5) is 13.0. The third-order valence-electron chi connectivity index (χ3n) is 8.41. The van der Waals surface area contributed by atoms with Crippen molar-refractivity contribution in [1.82, 2.24) is 10.7 Å². The zero-order valence-electron chi connectivity index (χ0n) is 19.6. The molecule has 4 aliphatic carbocycles. The highest BCUT2D eigenvalue weighted by atomic mass is 16.3. The van der Waals surface area contributed by atoms with Gasteiger partial charge in [0.1, 0.15) is 5.75 Å². The number of hydrazone groups is 1. The Labute approximate surface area is 200 Å². The molecule has 4 atom stereocenters. The summed E-state index contributed by atoms with van der Waals surface area (Å²) in [5, 5.41) is 19.8. The van der Waals surface area contributed by atoms with Crippen LogP contribution in [0.15, 0.2) is 65.8 Å². The van der Waals surface area contributed by atoms with Gasteiger partial charge in [-0.2, -0.15) is 5.10 Å². The number of phenols is 1. The minimum absolute atomic E-state index is 0.144. The lowest BCUT2D eigenvalue weighted by Gasteiger charge is -2.62. The van der Waals surface area contributed by atoms with E-state index in [9.17, 15) is 9.90 Å². The molecule has 2 amide bonds. The molecule has 3 aromatic carbocycles. The normalized spacial score (nSPS) is 29.6. The molecule has 174 valence electrons. The predicted octanol–water partition coefficient (Wildman–Crippen LogP) is 5.78. The first-order valence-corrected chi connectivity index (χ1v) is 12.3. The van der Waals surface area contributed by atoms with Gasteiger partial charge < -0.3 is 10.4 Å². The van der Waals surface area contributed by atoms with Gasteiger partial charge in [0, 0.05) is 11.1 Å². The van der Waals surface area contributed by atoms with Crippen molar-refractivity contribution < 1.29 is 9.90 Å². The highest BCUT2D eigenvalue weighted by molar-refractivity contribution is 6.02. The lowest BCUT2D eigenvalue weighted by molar-refractivity contribution is -0.0349. The van der Waals surface area contributed by atoms with Crippen LogP contribution in [-0.2, 0) is 5.41 Å². The van der Waals surface area contributed by atoms with Gasteiger partial charge in [0.05, 0.1) is 6.21 Å². The summed E-state index contributed by atoms with van der Waals surface area (Å²) in [5.41, 5.74) is 5.99. The number of hydrogen-bond acceptors (Lipinski definition) is 3. The first kappa shape index (κ1) is 21.2. The van der Waals surface area contributed by atoms with E-state index in [0.717, 1.165) is 30.0 Å². The maximum Gasteiger partial charge on any atom is 0.335 e. The Morgan fingerprint density at radius 2 is 1.74 bits per heavy atom. The molecule has 5 nitrogen and oxygen atoms in total. The molecule has 4 aliphatic rings. The summed E-state index contributed by atoms with van der Waals surface area (Å²) < 4.78 is 0. The molecule has 34 heavy (non-hydrogen) atoms. The zero-order chi connectivity index (χ0) is 23.3. The Hall–Kier alpha value is -3.34. The Balaban J connectivity index is 1.20. The first-order chi connectivity index (χ1) is 16.4. The number of aryl methyl sites for hydroxylation is 1. The summed E-state index contributed by atoms with van der Waals surface area (Å²) in [6.45, 7) is 2.13. The second-order valence-corrected chi connectivity index (χ2v) is 10.9. The van der Waals surface area contributed by atoms with Crippen LogP contribution < -0.4 is 10.7 Å². The topological polar surface area (TPSA) is 73.7 Å². The van der Waals surface area contributed by atoms with Crippen LogP contribution in [0.5, 0.6) is 5.75 Å². The minimum Gasteiger partial charge on any atom is -0.507 e. The number of rotatable bonds is 4. The van der Waals surface area contributed by atoms with Gasteiger partial charge in [-0.25, -0.2) is 10.2 Å². The average molecular weight is 454 g/mol. The molecule has 0 spiro atoms. The standard InChI is InChI=1S/C29H31N3O2/c1-19-6-9-23(10-7-19)28-13-20-12-21(14-28)16-29(15-20,18-28)31-27(34)32-30-17-25-24-5-3-2-4-22(24)8-11-26(25)33/h2-11,17,20-21,33H,12-16,18H2,1H3,(H2,31,32,34)/b30-17+/t20-,21+,28?,29?. The maximum absolute atomic E-state index is 13.0. The molecule has 5 heteroatoms. The van der Waals surface area contributed by atoms with Gasteiger partial charge in [-0.15, -0.1) is 0 Å². The van der Waals surface area contributed by atoms with Gasteiger partial charge in [-0.1, -0.05) is 60.2 Å². The van der Waals surface area contributed by atoms with E-state index in [1.165, 1.54) is 36.6 Å². The fourth-order valence-electron chi connectivity index (χ4n) is 7.50. The van der Waals surface area contributed by atoms with Crippen molar-refractivity contribution in [1.29, 1.82) is 0 Å². The lowest BCUT2D eigenvalue weighted by Crippen LogP contribution is -2.65. The molecule has 0 heterocycles. The highest BCUT2D eigenvalue weighted by Gasteiger charge is 2.58. The number of aromatic hydroxyl groups is 1. The quantitative estimate of drug-likeness (QED) is 0.346. The van der Waals surface area contributed by atoms with Crippen LogP contribution in [0.25, 0.3) is 10.8 Å². The number of urea groups is 1. The van der Waals surface area contributed by atoms with Gasteiger partial charge in [0.25, 0.3) is 0 Å². The van der Waals surface area contributed by atoms with E-state index in [4.69, 9.17) is 0 Å². The molecule has 0 saturated heterocycles. The number of benzene rings is 3. The van der Waals surface area contributed by atoms with Gasteiger partial charge >= 0.3 is 6.03 Å². The maximum atomic E-state index is 13.0. The third kappa shape index (κ3) is 3.64. The Morgan fingerprint density at radius 1 is 1.00 bits per heavy atom. The third-order valence-corrected chi connectivity index (χ3v) is 8.41. The molecule has 0 radical (unpaired) electrons. The average Bonchev–Trinajstić information content (AvgIpc) is 2.79. The second kappa shape index (κ2) is 7.86. The zero-order valence-corrected chi connectivity index (χ0v) is 19.6. The van der Waals surface area contributed by atoms with Crippen molar-refractivity contribution in [2.24, 2.45) is 16.9 Å². The molecule has 4 saturated carbocycles. The number of amides is 2. The van der Waals surface area contributed by atoms with Gasteiger partial charge in [0.15, 0.2) is 0 Å². The highest BCUT2D eigenvalue weighted by Crippen LogP contribution is 2.62. The second-order valence-electron chi connectivity index (χ2n) is 10.9. The fourth-order valence-corrected chi connectivity index (χ4v) is 7.50. The van der Waals surface area contributed by atoms with E-state index in [1.54, 1.807) is 6.07 Å². The van der Waals surface area contributed by atoms with Crippen molar-refractivity contribution in [3.63, 3.8) is 0 Å². The van der Waals surface area contributed by atoms with Crippen LogP contribution in [0.4, 0.5) is 4.79 Å². The van der Waals surface area contributed by atoms with Gasteiger partial charge in [-0.3, -0.25) is 0 Å². The van der Waals surface area contributed by atoms with Crippen LogP contribution in [0, 0.1) is 18.8 Å². The number of fused-ring (bicyclic) bond motifs is 1. The number of nitrogens with one attached hydrogen (secondary N) is 2. The SMILES string of the molecule is Cc1ccc(C23C[C@@H]4C[C@@H](CC(NC(=O)N/N=C/c5c(O)ccc6ccccc56)(C4)C2)C3)cc1. The van der Waals surface area contributed by atoms with E-state index < -0.39 is 0 Å². The van der Waals surface area contributed by atoms with Crippen LogP contribution in [0.1, 0.15) is 55.2 Å². The van der Waals surface area contributed by atoms with E-state index in [-0.39, 0.29) is 22.7 Å². The van der Waals surface area contributed by atoms with E-state index in [2.05, 4.69) is 47.0 Å². The molecular weight excluding hydrogens is 422 g/mol. The van der Waals surface area contributed by atoms with Crippen molar-refractivity contribution in [2.45, 2.75) is 56.4 Å². The molecule has 0 aliphatic heterocycles. The van der Waals surface area contributed by atoms with Crippen LogP contribution in [0.3, 0.4) is 0 Å². The Bertz CT molecular complexity index is 1270. The van der Waals surface area contributed by atoms with Crippen LogP contribution in [-0.4, -0.2) is 22.9 Å². The summed E-state index contributed by atoms with van der Waals surface area (Å²) in [6, 6.07) is 20.1. The Kier molecular flexibility index (Phi) is 4.91. The van der Waals surface area contributed by atoms with Crippen molar-refractivity contribution in [3.05, 3.63) is 77.4 Å². The summed E-state index contributed by atoms with van der Waals surface area (Å²) in [5.74, 6) is 1.48. The molecule has 2 unspecified atom stereocenters. The van der Waals surface area contributed by atoms with Crippen LogP contribution >= 0.6 is 0 Å². The molecule has 0 aromatic heterocycles. The van der Waals surface area contributed by atoms with Crippen LogP contribution in [0.2, 0.25) is 0 Å². The molecule has 3 N–H and O–H groups in total. The molecule has 4 bridgehead atoms. The number of hydrogen-bond donors (Lipinski definition) is 3. The van der Waals surface area contributed by atoms with Gasteiger partial charge in [0.2, 0.25) is 0 Å². The number of carbonyl (C=O) groups is 1. The summed E-state index contributed by atoms with van der Waals surface area (Å²) >= 11 is 0. The van der Waals surface area contributed by atoms with E-state index in [1.807, 2.05) is 30.3 Å². The van der Waals surface area contributed by atoms with Crippen molar-refractivity contribution in [3.8, 4) is 5.75 Å². The molecule has 3 aromatic rings. The number of nitrogens with zero attached hydrogens (tertiary/aromatic N) is 1. The lowest BCUT2D eigenvalue weighted by atomic mass is 9.45. The number of phenolic OH excluding ortho intramolecular Hbond substituents is 1. The summed E-state index contributed by atoms with van der Waals surface area (Å²) in [6.07, 6.45) is 8.39. The smallest absolute Gasteiger partial charge is 0.335 e. The van der Waals surface area contributed by atoms with Gasteiger partial charge in [-0.05, 0) is 85.1 Å². The summed E-state index contributed by atoms with van der Waals surface area (Å²) in [7, 11) is 0. The monoisotopic (exact) mass is 453 g/mol. The van der Waals surface area contributed by atoms with Crippen molar-refractivity contribution in [2.75, 3.05) is 0 Å². The first-order valence-electron chi connectivity index (χ1n) is 12.3. The van der Waals surface area contributed by atoms with E-state index in [0.29, 0.717) is 17.4 Å². The number of carbonyl (C=O) groups excluding carboxylic acids is 1. The minimum atomic E-state index is -0.267. The molecule has 4 fully saturated rings. The Morgan fingerprint density at radius 3 is 2.50 bits per heavy atom. The molecular formula is C29H31N3O2. The fraction of sp³-hybridized carbons (Fsp3) is 0.379. The van der Waals surface area contributed by atoms with Crippen molar-refractivity contribution >= 4 is 23.0 Å². The largest absolute Gasteiger partial charge is 0.507 e. The molecule has 7 rings (SSSR count). The van der Waals surface area contributed by atoms with E-state index >= 15 is 0 Å². The predicted molar refractivity (Wildman–Crippen MR) is 135 cm³/mol.